The number of nitrogens with one attached hydrogen (secondary N) is 1. The van der Waals surface area contributed by atoms with Gasteiger partial charge >= 0.3 is 12.1 Å². The molecule has 1 heterocycles. The number of carboxylic acids is 1. The van der Waals surface area contributed by atoms with Crippen molar-refractivity contribution in [2.24, 2.45) is 7.05 Å². The number of rotatable bonds is 6. The summed E-state index contributed by atoms with van der Waals surface area (Å²) in [5.41, 5.74) is 1.42. The summed E-state index contributed by atoms with van der Waals surface area (Å²) in [7, 11) is 1.71. The van der Waals surface area contributed by atoms with Crippen LogP contribution in [0.4, 0.5) is 4.79 Å². The molecule has 1 aromatic carbocycles. The van der Waals surface area contributed by atoms with Crippen LogP contribution in [0.3, 0.4) is 0 Å². The van der Waals surface area contributed by atoms with Crippen LogP contribution in [-0.2, 0) is 23.2 Å². The van der Waals surface area contributed by atoms with E-state index in [1.807, 2.05) is 30.3 Å². The lowest BCUT2D eigenvalue weighted by molar-refractivity contribution is -0.137. The lowest BCUT2D eigenvalue weighted by atomic mass is 10.1. The van der Waals surface area contributed by atoms with Crippen LogP contribution in [0, 0.1) is 0 Å². The van der Waals surface area contributed by atoms with Crippen LogP contribution in [0.15, 0.2) is 41.1 Å². The number of hydrogen-bond donors (Lipinski definition) is 2. The molecule has 2 N–H and O–H groups in total. The molecule has 0 spiro atoms. The highest BCUT2D eigenvalue weighted by Crippen LogP contribution is 2.24. The standard InChI is InChI=1S/C15H16BrN3O4/c1-19-8-11(14(16)18-19)12(7-13(20)21)17-15(22)23-9-10-5-3-2-4-6-10/h2-6,8,12H,7,9H2,1H3,(H,17,22)(H,20,21)/t12-/m0/s1. The minimum atomic E-state index is -1.03. The summed E-state index contributed by atoms with van der Waals surface area (Å²) >= 11 is 3.26. The fourth-order valence-corrected chi connectivity index (χ4v) is 2.66. The SMILES string of the molecule is Cn1cc([C@H](CC(=O)O)NC(=O)OCc2ccccc2)c(Br)n1. The van der Waals surface area contributed by atoms with Crippen LogP contribution in [0.1, 0.15) is 23.6 Å². The maximum atomic E-state index is 11.9. The van der Waals surface area contributed by atoms with Crippen molar-refractivity contribution in [1.82, 2.24) is 15.1 Å². The Balaban J connectivity index is 2.01. The van der Waals surface area contributed by atoms with Crippen molar-refractivity contribution in [3.05, 3.63) is 52.3 Å². The summed E-state index contributed by atoms with van der Waals surface area (Å²) in [6, 6.07) is 8.48. The summed E-state index contributed by atoms with van der Waals surface area (Å²) in [6.07, 6.45) is 0.691. The molecule has 23 heavy (non-hydrogen) atoms. The third-order valence-corrected chi connectivity index (χ3v) is 3.69. The Kier molecular flexibility index (Phi) is 5.75. The lowest BCUT2D eigenvalue weighted by Gasteiger charge is -2.16. The van der Waals surface area contributed by atoms with Crippen LogP contribution < -0.4 is 5.32 Å². The van der Waals surface area contributed by atoms with Gasteiger partial charge in [0.1, 0.15) is 11.2 Å². The quantitative estimate of drug-likeness (QED) is 0.801. The molecule has 7 nitrogen and oxygen atoms in total. The second-order valence-corrected chi connectivity index (χ2v) is 5.66. The number of benzene rings is 1. The Morgan fingerprint density at radius 1 is 1.39 bits per heavy atom. The van der Waals surface area contributed by atoms with Gasteiger partial charge in [0.25, 0.3) is 0 Å². The van der Waals surface area contributed by atoms with Gasteiger partial charge in [0, 0.05) is 18.8 Å². The number of hydrogen-bond acceptors (Lipinski definition) is 4. The molecule has 0 saturated carbocycles. The van der Waals surface area contributed by atoms with E-state index in [0.717, 1.165) is 5.56 Å². The minimum absolute atomic E-state index is 0.112. The molecule has 0 aliphatic carbocycles. The highest BCUT2D eigenvalue weighted by molar-refractivity contribution is 9.10. The molecule has 1 atom stereocenters. The van der Waals surface area contributed by atoms with E-state index in [2.05, 4.69) is 26.3 Å². The molecule has 0 radical (unpaired) electrons. The number of aliphatic carboxylic acids is 1. The van der Waals surface area contributed by atoms with Crippen LogP contribution in [0.25, 0.3) is 0 Å². The molecular formula is C15H16BrN3O4. The second kappa shape index (κ2) is 7.77. The number of ether oxygens (including phenoxy) is 1. The average Bonchev–Trinajstić information content (AvgIpc) is 2.84. The molecule has 0 aliphatic rings. The number of halogens is 1. The molecule has 1 amide bonds. The van der Waals surface area contributed by atoms with Crippen LogP contribution >= 0.6 is 15.9 Å². The van der Waals surface area contributed by atoms with Gasteiger partial charge in [-0.2, -0.15) is 5.10 Å². The van der Waals surface area contributed by atoms with Crippen molar-refractivity contribution < 1.29 is 19.4 Å². The molecule has 0 bridgehead atoms. The number of nitrogens with zero attached hydrogens (tertiary/aromatic N) is 2. The number of aromatic nitrogens is 2. The van der Waals surface area contributed by atoms with E-state index in [1.165, 1.54) is 4.68 Å². The first-order valence-electron chi connectivity index (χ1n) is 6.83. The molecular weight excluding hydrogens is 366 g/mol. The summed E-state index contributed by atoms with van der Waals surface area (Å²) in [5.74, 6) is -1.03. The Bertz CT molecular complexity index is 687. The summed E-state index contributed by atoms with van der Waals surface area (Å²) < 4.78 is 7.14. The predicted octanol–water partition coefficient (Wildman–Crippen LogP) is 2.62. The molecule has 1 aromatic heterocycles. The van der Waals surface area contributed by atoms with Gasteiger partial charge in [-0.15, -0.1) is 0 Å². The van der Waals surface area contributed by atoms with Gasteiger partial charge in [0.2, 0.25) is 0 Å². The van der Waals surface area contributed by atoms with Crippen molar-refractivity contribution in [2.45, 2.75) is 19.1 Å². The Morgan fingerprint density at radius 3 is 2.65 bits per heavy atom. The number of amides is 1. The predicted molar refractivity (Wildman–Crippen MR) is 85.7 cm³/mol. The number of carboxylic acid groups (broad SMARTS) is 1. The largest absolute Gasteiger partial charge is 0.481 e. The fourth-order valence-electron chi connectivity index (χ4n) is 2.03. The second-order valence-electron chi connectivity index (χ2n) is 4.91. The van der Waals surface area contributed by atoms with Crippen molar-refractivity contribution in [3.8, 4) is 0 Å². The average molecular weight is 382 g/mol. The van der Waals surface area contributed by atoms with Gasteiger partial charge in [-0.25, -0.2) is 4.79 Å². The molecule has 0 saturated heterocycles. The zero-order valence-corrected chi connectivity index (χ0v) is 14.0. The molecule has 0 aliphatic heterocycles. The maximum absolute atomic E-state index is 11.9. The van der Waals surface area contributed by atoms with E-state index in [-0.39, 0.29) is 13.0 Å². The third kappa shape index (κ3) is 5.10. The maximum Gasteiger partial charge on any atom is 0.407 e. The first-order chi connectivity index (χ1) is 11.0. The summed E-state index contributed by atoms with van der Waals surface area (Å²) in [4.78, 5) is 23.0. The van der Waals surface area contributed by atoms with Gasteiger partial charge in [-0.05, 0) is 21.5 Å². The van der Waals surface area contributed by atoms with Gasteiger partial charge in [-0.1, -0.05) is 30.3 Å². The van der Waals surface area contributed by atoms with Gasteiger partial charge in [-0.3, -0.25) is 9.48 Å². The topological polar surface area (TPSA) is 93.5 Å². The van der Waals surface area contributed by atoms with Gasteiger partial charge in [0.05, 0.1) is 12.5 Å². The normalized spacial score (nSPS) is 11.7. The van der Waals surface area contributed by atoms with Crippen molar-refractivity contribution in [1.29, 1.82) is 0 Å². The van der Waals surface area contributed by atoms with Crippen LogP contribution in [0.5, 0.6) is 0 Å². The van der Waals surface area contributed by atoms with Crippen molar-refractivity contribution in [3.63, 3.8) is 0 Å². The first-order valence-corrected chi connectivity index (χ1v) is 7.63. The lowest BCUT2D eigenvalue weighted by Crippen LogP contribution is -2.30. The van der Waals surface area contributed by atoms with E-state index in [1.54, 1.807) is 13.2 Å². The molecule has 2 rings (SSSR count). The Labute approximate surface area is 141 Å². The minimum Gasteiger partial charge on any atom is -0.481 e. The molecule has 122 valence electrons. The van der Waals surface area contributed by atoms with Gasteiger partial charge < -0.3 is 15.2 Å². The Hall–Kier alpha value is -2.35. The first kappa shape index (κ1) is 17.0. The number of aryl methyl sites for hydroxylation is 1. The highest BCUT2D eigenvalue weighted by Gasteiger charge is 2.23. The third-order valence-electron chi connectivity index (χ3n) is 3.07. The van der Waals surface area contributed by atoms with E-state index in [0.29, 0.717) is 10.2 Å². The monoisotopic (exact) mass is 381 g/mol. The number of carbonyl (C=O) groups excluding carboxylic acids is 1. The summed E-state index contributed by atoms with van der Waals surface area (Å²) in [5, 5.41) is 15.7. The molecule has 2 aromatic rings. The number of carbonyl (C=O) groups is 2. The molecule has 8 heteroatoms. The zero-order chi connectivity index (χ0) is 16.8. The highest BCUT2D eigenvalue weighted by atomic mass is 79.9. The van der Waals surface area contributed by atoms with E-state index >= 15 is 0 Å². The van der Waals surface area contributed by atoms with Crippen LogP contribution in [0.2, 0.25) is 0 Å². The van der Waals surface area contributed by atoms with E-state index in [4.69, 9.17) is 9.84 Å². The van der Waals surface area contributed by atoms with E-state index < -0.39 is 18.1 Å². The number of alkyl carbamates (subject to hydrolysis) is 1. The zero-order valence-electron chi connectivity index (χ0n) is 12.4. The summed E-state index contributed by atoms with van der Waals surface area (Å²) in [6.45, 7) is 0.112. The fraction of sp³-hybridized carbons (Fsp3) is 0.267. The Morgan fingerprint density at radius 2 is 2.09 bits per heavy atom. The molecule has 0 fully saturated rings. The molecule has 0 unspecified atom stereocenters. The van der Waals surface area contributed by atoms with Gasteiger partial charge in [0.15, 0.2) is 0 Å². The van der Waals surface area contributed by atoms with Crippen LogP contribution in [-0.4, -0.2) is 26.9 Å². The smallest absolute Gasteiger partial charge is 0.407 e. The van der Waals surface area contributed by atoms with Crippen molar-refractivity contribution in [2.75, 3.05) is 0 Å². The van der Waals surface area contributed by atoms with Crippen molar-refractivity contribution >= 4 is 28.0 Å². The van der Waals surface area contributed by atoms with E-state index in [9.17, 15) is 9.59 Å².